The Bertz CT molecular complexity index is 381. The van der Waals surface area contributed by atoms with Gasteiger partial charge < -0.3 is 10.4 Å². The first-order valence-corrected chi connectivity index (χ1v) is 5.71. The minimum Gasteiger partial charge on any atom is -0.508 e. The van der Waals surface area contributed by atoms with E-state index in [0.717, 1.165) is 13.1 Å². The van der Waals surface area contributed by atoms with E-state index in [-0.39, 0.29) is 5.75 Å². The van der Waals surface area contributed by atoms with Crippen LogP contribution in [0.1, 0.15) is 11.6 Å². The van der Waals surface area contributed by atoms with E-state index in [2.05, 4.69) is 5.32 Å². The number of alkyl halides is 1. The normalized spacial score (nSPS) is 19.2. The van der Waals surface area contributed by atoms with Crippen molar-refractivity contribution in [3.05, 3.63) is 29.6 Å². The molecule has 1 aliphatic rings. The van der Waals surface area contributed by atoms with E-state index in [1.54, 1.807) is 0 Å². The van der Waals surface area contributed by atoms with Crippen molar-refractivity contribution in [2.75, 3.05) is 32.9 Å². The van der Waals surface area contributed by atoms with Crippen molar-refractivity contribution in [1.29, 1.82) is 0 Å². The summed E-state index contributed by atoms with van der Waals surface area (Å²) in [6, 6.07) is 3.09. The molecule has 0 radical (unpaired) electrons. The van der Waals surface area contributed by atoms with Gasteiger partial charge in [0.15, 0.2) is 0 Å². The number of hydrogen-bond donors (Lipinski definition) is 2. The highest BCUT2D eigenvalue weighted by Crippen LogP contribution is 2.29. The van der Waals surface area contributed by atoms with Gasteiger partial charge in [0.1, 0.15) is 18.2 Å². The Morgan fingerprint density at radius 3 is 2.71 bits per heavy atom. The van der Waals surface area contributed by atoms with E-state index in [1.807, 2.05) is 4.90 Å². The zero-order valence-corrected chi connectivity index (χ0v) is 9.50. The molecule has 0 unspecified atom stereocenters. The van der Waals surface area contributed by atoms with Crippen LogP contribution in [0.15, 0.2) is 18.2 Å². The third-order valence-electron chi connectivity index (χ3n) is 3.09. The van der Waals surface area contributed by atoms with Gasteiger partial charge in [-0.1, -0.05) is 0 Å². The smallest absolute Gasteiger partial charge is 0.123 e. The number of hydrogen-bond acceptors (Lipinski definition) is 3. The van der Waals surface area contributed by atoms with Gasteiger partial charge in [0.2, 0.25) is 0 Å². The van der Waals surface area contributed by atoms with Crippen molar-refractivity contribution in [2.24, 2.45) is 0 Å². The summed E-state index contributed by atoms with van der Waals surface area (Å²) in [5.74, 6) is -0.501. The summed E-state index contributed by atoms with van der Waals surface area (Å²) in [7, 11) is 0. The summed E-state index contributed by atoms with van der Waals surface area (Å²) in [5.41, 5.74) is 0.328. The number of phenols is 1. The van der Waals surface area contributed by atoms with Crippen LogP contribution in [0.5, 0.6) is 5.75 Å². The van der Waals surface area contributed by atoms with Crippen molar-refractivity contribution in [2.45, 2.75) is 6.04 Å². The standard InChI is InChI=1S/C12H16F2N2O/c13-8-11(16-5-3-15-4-6-16)10-7-9(14)1-2-12(10)17/h1-2,7,11,15,17H,3-6,8H2/t11-/m1/s1. The molecule has 1 aromatic carbocycles. The van der Waals surface area contributed by atoms with Crippen LogP contribution in [0.4, 0.5) is 8.78 Å². The maximum Gasteiger partial charge on any atom is 0.123 e. The van der Waals surface area contributed by atoms with Crippen molar-refractivity contribution in [3.63, 3.8) is 0 Å². The maximum atomic E-state index is 13.1. The fourth-order valence-corrected chi connectivity index (χ4v) is 2.16. The number of nitrogens with zero attached hydrogens (tertiary/aromatic N) is 1. The predicted octanol–water partition coefficient (Wildman–Crippen LogP) is 1.45. The summed E-state index contributed by atoms with van der Waals surface area (Å²) in [4.78, 5) is 1.92. The van der Waals surface area contributed by atoms with E-state index in [1.165, 1.54) is 18.2 Å². The Balaban J connectivity index is 2.24. The van der Waals surface area contributed by atoms with Crippen LogP contribution in [-0.4, -0.2) is 42.9 Å². The molecule has 1 fully saturated rings. The first kappa shape index (κ1) is 12.3. The summed E-state index contributed by atoms with van der Waals surface area (Å²) in [6.07, 6.45) is 0. The zero-order valence-electron chi connectivity index (χ0n) is 9.50. The highest BCUT2D eigenvalue weighted by Gasteiger charge is 2.24. The third-order valence-corrected chi connectivity index (χ3v) is 3.09. The van der Waals surface area contributed by atoms with Crippen LogP contribution in [0, 0.1) is 5.82 Å². The zero-order chi connectivity index (χ0) is 12.3. The first-order chi connectivity index (χ1) is 8.22. The van der Waals surface area contributed by atoms with Crippen LogP contribution in [-0.2, 0) is 0 Å². The Kier molecular flexibility index (Phi) is 3.91. The van der Waals surface area contributed by atoms with Crippen molar-refractivity contribution >= 4 is 0 Å². The number of phenolic OH excluding ortho intramolecular Hbond substituents is 1. The van der Waals surface area contributed by atoms with Gasteiger partial charge in [-0.2, -0.15) is 0 Å². The van der Waals surface area contributed by atoms with Gasteiger partial charge in [0, 0.05) is 31.7 Å². The second-order valence-electron chi connectivity index (χ2n) is 4.16. The van der Waals surface area contributed by atoms with E-state index in [0.29, 0.717) is 18.7 Å². The molecule has 1 atom stereocenters. The van der Waals surface area contributed by atoms with Gasteiger partial charge in [-0.05, 0) is 18.2 Å². The predicted molar refractivity (Wildman–Crippen MR) is 61.2 cm³/mol. The van der Waals surface area contributed by atoms with E-state index in [9.17, 15) is 13.9 Å². The Morgan fingerprint density at radius 1 is 1.35 bits per heavy atom. The first-order valence-electron chi connectivity index (χ1n) is 5.71. The van der Waals surface area contributed by atoms with Crippen LogP contribution in [0.2, 0.25) is 0 Å². The molecule has 2 N–H and O–H groups in total. The summed E-state index contributed by atoms with van der Waals surface area (Å²) in [5, 5.41) is 12.9. The topological polar surface area (TPSA) is 35.5 Å². The largest absolute Gasteiger partial charge is 0.508 e. The molecule has 94 valence electrons. The molecule has 5 heteroatoms. The molecular weight excluding hydrogens is 226 g/mol. The van der Waals surface area contributed by atoms with Crippen molar-refractivity contribution in [1.82, 2.24) is 10.2 Å². The molecule has 1 saturated heterocycles. The number of nitrogens with one attached hydrogen (secondary N) is 1. The lowest BCUT2D eigenvalue weighted by atomic mass is 10.0. The van der Waals surface area contributed by atoms with Gasteiger partial charge in [0.25, 0.3) is 0 Å². The number of halogens is 2. The highest BCUT2D eigenvalue weighted by atomic mass is 19.1. The average molecular weight is 242 g/mol. The lowest BCUT2D eigenvalue weighted by Crippen LogP contribution is -2.45. The van der Waals surface area contributed by atoms with Gasteiger partial charge in [-0.25, -0.2) is 8.78 Å². The number of rotatable bonds is 3. The summed E-state index contributed by atoms with van der Waals surface area (Å²) >= 11 is 0. The second kappa shape index (κ2) is 5.42. The lowest BCUT2D eigenvalue weighted by molar-refractivity contribution is 0.145. The summed E-state index contributed by atoms with van der Waals surface area (Å²) in [6.45, 7) is 2.34. The monoisotopic (exact) mass is 242 g/mol. The number of piperazine rings is 1. The molecule has 0 amide bonds. The molecule has 0 aliphatic carbocycles. The highest BCUT2D eigenvalue weighted by molar-refractivity contribution is 5.35. The molecular formula is C12H16F2N2O. The van der Waals surface area contributed by atoms with Crippen molar-refractivity contribution < 1.29 is 13.9 Å². The molecule has 1 aliphatic heterocycles. The van der Waals surface area contributed by atoms with Crippen LogP contribution in [0.3, 0.4) is 0 Å². The second-order valence-corrected chi connectivity index (χ2v) is 4.16. The Morgan fingerprint density at radius 2 is 2.06 bits per heavy atom. The van der Waals surface area contributed by atoms with Crippen LogP contribution >= 0.6 is 0 Å². The number of benzene rings is 1. The molecule has 0 bridgehead atoms. The molecule has 17 heavy (non-hydrogen) atoms. The minimum absolute atomic E-state index is 0.0485. The molecule has 2 rings (SSSR count). The Hall–Kier alpha value is -1.20. The fourth-order valence-electron chi connectivity index (χ4n) is 2.16. The van der Waals surface area contributed by atoms with Gasteiger partial charge in [-0.3, -0.25) is 4.90 Å². The molecule has 1 aromatic rings. The van der Waals surface area contributed by atoms with Gasteiger partial charge in [-0.15, -0.1) is 0 Å². The van der Waals surface area contributed by atoms with E-state index in [4.69, 9.17) is 0 Å². The molecule has 0 spiro atoms. The van der Waals surface area contributed by atoms with E-state index < -0.39 is 18.5 Å². The number of aromatic hydroxyl groups is 1. The summed E-state index contributed by atoms with van der Waals surface area (Å²) < 4.78 is 26.3. The van der Waals surface area contributed by atoms with Crippen LogP contribution in [0.25, 0.3) is 0 Å². The molecule has 0 saturated carbocycles. The SMILES string of the molecule is Oc1ccc(F)cc1[C@@H](CF)N1CCNCC1. The minimum atomic E-state index is -0.628. The quantitative estimate of drug-likeness (QED) is 0.842. The molecule has 0 aromatic heterocycles. The van der Waals surface area contributed by atoms with E-state index >= 15 is 0 Å². The average Bonchev–Trinajstić information content (AvgIpc) is 2.36. The maximum absolute atomic E-state index is 13.1. The lowest BCUT2D eigenvalue weighted by Gasteiger charge is -2.33. The van der Waals surface area contributed by atoms with Gasteiger partial charge in [0.05, 0.1) is 6.04 Å². The molecule has 3 nitrogen and oxygen atoms in total. The Labute approximate surface area is 99.1 Å². The van der Waals surface area contributed by atoms with Gasteiger partial charge >= 0.3 is 0 Å². The van der Waals surface area contributed by atoms with Crippen LogP contribution < -0.4 is 5.32 Å². The van der Waals surface area contributed by atoms with Crippen molar-refractivity contribution in [3.8, 4) is 5.75 Å². The third kappa shape index (κ3) is 2.73. The fraction of sp³-hybridized carbons (Fsp3) is 0.500. The molecule has 1 heterocycles.